The Hall–Kier alpha value is -2.15. The quantitative estimate of drug-likeness (QED) is 0.665. The summed E-state index contributed by atoms with van der Waals surface area (Å²) in [5, 5.41) is 13.8. The normalized spacial score (nSPS) is 21.7. The second-order valence-corrected chi connectivity index (χ2v) is 6.33. The summed E-state index contributed by atoms with van der Waals surface area (Å²) in [7, 11) is 1.44. The van der Waals surface area contributed by atoms with Crippen molar-refractivity contribution in [1.82, 2.24) is 4.90 Å². The topological polar surface area (TPSA) is 84.7 Å². The Balaban J connectivity index is 2.04. The molecule has 1 heterocycles. The second kappa shape index (κ2) is 7.41. The third kappa shape index (κ3) is 4.66. The number of carbonyl (C=O) groups excluding carboxylic acids is 1. The Morgan fingerprint density at radius 1 is 1.39 bits per heavy atom. The number of nitrogens with zero attached hydrogens (tertiary/aromatic N) is 2. The number of ether oxygens (including phenoxy) is 1. The van der Waals surface area contributed by atoms with Crippen molar-refractivity contribution in [2.24, 2.45) is 11.8 Å². The van der Waals surface area contributed by atoms with Crippen molar-refractivity contribution >= 4 is 17.3 Å². The highest BCUT2D eigenvalue weighted by molar-refractivity contribution is 5.94. The first-order valence-electron chi connectivity index (χ1n) is 7.73. The monoisotopic (exact) mass is 321 g/mol. The van der Waals surface area contributed by atoms with Gasteiger partial charge in [-0.3, -0.25) is 19.8 Å². The van der Waals surface area contributed by atoms with Crippen molar-refractivity contribution in [3.05, 3.63) is 28.3 Å². The number of benzene rings is 1. The Bertz CT molecular complexity index is 581. The van der Waals surface area contributed by atoms with Crippen LogP contribution in [0.3, 0.4) is 0 Å². The molecule has 0 unspecified atom stereocenters. The van der Waals surface area contributed by atoms with Gasteiger partial charge in [-0.25, -0.2) is 0 Å². The lowest BCUT2D eigenvalue weighted by Crippen LogP contribution is -2.42. The third-order valence-corrected chi connectivity index (χ3v) is 3.99. The molecular weight excluding hydrogens is 298 g/mol. The Labute approximate surface area is 135 Å². The number of nitro groups is 1. The van der Waals surface area contributed by atoms with Gasteiger partial charge in [0.05, 0.1) is 24.6 Å². The van der Waals surface area contributed by atoms with Gasteiger partial charge in [-0.05, 0) is 30.4 Å². The predicted octanol–water partition coefficient (Wildman–Crippen LogP) is 2.52. The van der Waals surface area contributed by atoms with Gasteiger partial charge in [0, 0.05) is 13.1 Å². The van der Waals surface area contributed by atoms with Crippen molar-refractivity contribution in [3.63, 3.8) is 0 Å². The number of nitrogens with one attached hydrogen (secondary N) is 1. The lowest BCUT2D eigenvalue weighted by Gasteiger charge is -2.34. The number of likely N-dealkylation sites (tertiary alicyclic amines) is 1. The highest BCUT2D eigenvalue weighted by Gasteiger charge is 2.24. The molecule has 0 spiro atoms. The molecule has 0 saturated carbocycles. The van der Waals surface area contributed by atoms with Crippen LogP contribution in [0.4, 0.5) is 11.4 Å². The lowest BCUT2D eigenvalue weighted by molar-refractivity contribution is -0.384. The molecule has 1 aliphatic rings. The smallest absolute Gasteiger partial charge is 0.296 e. The summed E-state index contributed by atoms with van der Waals surface area (Å²) in [5.41, 5.74) is 0.0250. The first kappa shape index (κ1) is 17.2. The fraction of sp³-hybridized carbons (Fsp3) is 0.562. The van der Waals surface area contributed by atoms with Gasteiger partial charge in [0.15, 0.2) is 0 Å². The van der Waals surface area contributed by atoms with Crippen LogP contribution < -0.4 is 10.1 Å². The van der Waals surface area contributed by atoms with E-state index in [2.05, 4.69) is 24.1 Å². The van der Waals surface area contributed by atoms with Crippen LogP contribution in [0, 0.1) is 22.0 Å². The van der Waals surface area contributed by atoms with Crippen LogP contribution in [0.25, 0.3) is 0 Å². The Morgan fingerprint density at radius 2 is 2.04 bits per heavy atom. The highest BCUT2D eigenvalue weighted by Crippen LogP contribution is 2.29. The van der Waals surface area contributed by atoms with Crippen LogP contribution in [-0.2, 0) is 4.79 Å². The van der Waals surface area contributed by atoms with Gasteiger partial charge in [-0.2, -0.15) is 0 Å². The van der Waals surface area contributed by atoms with Crippen LogP contribution in [0.1, 0.15) is 20.3 Å². The summed E-state index contributed by atoms with van der Waals surface area (Å²) in [6.07, 6.45) is 1.17. The van der Waals surface area contributed by atoms with Gasteiger partial charge >= 0.3 is 0 Å². The van der Waals surface area contributed by atoms with E-state index in [1.807, 2.05) is 0 Å². The average Bonchev–Trinajstić information content (AvgIpc) is 2.46. The summed E-state index contributed by atoms with van der Waals surface area (Å²) < 4.78 is 4.98. The van der Waals surface area contributed by atoms with E-state index < -0.39 is 4.92 Å². The molecule has 0 bridgehead atoms. The number of nitro benzene ring substituents is 1. The zero-order valence-electron chi connectivity index (χ0n) is 13.7. The summed E-state index contributed by atoms with van der Waals surface area (Å²) >= 11 is 0. The zero-order chi connectivity index (χ0) is 17.0. The number of hydrogen-bond acceptors (Lipinski definition) is 5. The van der Waals surface area contributed by atoms with Gasteiger partial charge in [0.1, 0.15) is 11.4 Å². The predicted molar refractivity (Wildman–Crippen MR) is 87.7 cm³/mol. The minimum Gasteiger partial charge on any atom is -0.496 e. The van der Waals surface area contributed by atoms with E-state index in [0.29, 0.717) is 17.6 Å². The van der Waals surface area contributed by atoms with Crippen LogP contribution in [-0.4, -0.2) is 42.5 Å². The molecule has 0 radical (unpaired) electrons. The molecule has 1 N–H and O–H groups in total. The first-order chi connectivity index (χ1) is 10.9. The number of carbonyl (C=O) groups is 1. The molecule has 1 aromatic rings. The third-order valence-electron chi connectivity index (χ3n) is 3.99. The number of amides is 1. The molecule has 7 heteroatoms. The maximum atomic E-state index is 12.2. The summed E-state index contributed by atoms with van der Waals surface area (Å²) in [5.74, 6) is 1.26. The molecule has 1 fully saturated rings. The van der Waals surface area contributed by atoms with Gasteiger partial charge in [-0.15, -0.1) is 0 Å². The van der Waals surface area contributed by atoms with Crippen molar-refractivity contribution in [1.29, 1.82) is 0 Å². The Kier molecular flexibility index (Phi) is 5.54. The van der Waals surface area contributed by atoms with Gasteiger partial charge in [0.25, 0.3) is 5.69 Å². The maximum absolute atomic E-state index is 12.2. The van der Waals surface area contributed by atoms with E-state index in [-0.39, 0.29) is 23.8 Å². The van der Waals surface area contributed by atoms with Crippen LogP contribution in [0.5, 0.6) is 5.75 Å². The molecule has 1 amide bonds. The van der Waals surface area contributed by atoms with Gasteiger partial charge < -0.3 is 10.1 Å². The highest BCUT2D eigenvalue weighted by atomic mass is 16.6. The second-order valence-electron chi connectivity index (χ2n) is 6.33. The van der Waals surface area contributed by atoms with E-state index in [1.165, 1.54) is 25.7 Å². The Morgan fingerprint density at radius 3 is 2.61 bits per heavy atom. The van der Waals surface area contributed by atoms with Crippen molar-refractivity contribution < 1.29 is 14.5 Å². The fourth-order valence-corrected chi connectivity index (χ4v) is 3.21. The zero-order valence-corrected chi connectivity index (χ0v) is 13.7. The SMILES string of the molecule is COc1ccc(NC(=O)CN2C[C@@H](C)C[C@H](C)C2)c([N+](=O)[O-])c1. The minimum absolute atomic E-state index is 0.168. The van der Waals surface area contributed by atoms with E-state index in [9.17, 15) is 14.9 Å². The van der Waals surface area contributed by atoms with Crippen LogP contribution in [0.15, 0.2) is 18.2 Å². The number of rotatable bonds is 5. The fourth-order valence-electron chi connectivity index (χ4n) is 3.21. The van der Waals surface area contributed by atoms with Crippen molar-refractivity contribution in [3.8, 4) is 5.75 Å². The van der Waals surface area contributed by atoms with Crippen molar-refractivity contribution in [2.45, 2.75) is 20.3 Å². The van der Waals surface area contributed by atoms with E-state index in [0.717, 1.165) is 13.1 Å². The summed E-state index contributed by atoms with van der Waals surface area (Å²) in [6.45, 7) is 6.35. The molecule has 1 aliphatic heterocycles. The van der Waals surface area contributed by atoms with Gasteiger partial charge in [0.2, 0.25) is 5.91 Å². The number of hydrogen-bond donors (Lipinski definition) is 1. The molecule has 7 nitrogen and oxygen atoms in total. The summed E-state index contributed by atoms with van der Waals surface area (Å²) in [6, 6.07) is 4.39. The first-order valence-corrected chi connectivity index (χ1v) is 7.73. The maximum Gasteiger partial charge on any atom is 0.296 e. The molecule has 0 aromatic heterocycles. The number of anilines is 1. The van der Waals surface area contributed by atoms with Crippen molar-refractivity contribution in [2.75, 3.05) is 32.1 Å². The average molecular weight is 321 g/mol. The molecular formula is C16H23N3O4. The molecule has 0 aliphatic carbocycles. The van der Waals surface area contributed by atoms with Crippen LogP contribution >= 0.6 is 0 Å². The number of methoxy groups -OCH3 is 1. The largest absolute Gasteiger partial charge is 0.496 e. The number of piperidine rings is 1. The molecule has 23 heavy (non-hydrogen) atoms. The summed E-state index contributed by atoms with van der Waals surface area (Å²) in [4.78, 5) is 24.9. The minimum atomic E-state index is -0.525. The van der Waals surface area contributed by atoms with E-state index in [4.69, 9.17) is 4.74 Å². The molecule has 2 atom stereocenters. The molecule has 1 saturated heterocycles. The molecule has 2 rings (SSSR count). The standard InChI is InChI=1S/C16H23N3O4/c1-11-6-12(2)9-18(8-11)10-16(20)17-14-5-4-13(23-3)7-15(14)19(21)22/h4-5,7,11-12H,6,8-10H2,1-3H3,(H,17,20)/t11-,12-/m0/s1. The van der Waals surface area contributed by atoms with E-state index >= 15 is 0 Å². The van der Waals surface area contributed by atoms with E-state index in [1.54, 1.807) is 6.07 Å². The lowest BCUT2D eigenvalue weighted by atomic mass is 9.92. The van der Waals surface area contributed by atoms with Crippen LogP contribution in [0.2, 0.25) is 0 Å². The molecule has 1 aromatic carbocycles. The molecule has 126 valence electrons. The van der Waals surface area contributed by atoms with Gasteiger partial charge in [-0.1, -0.05) is 13.8 Å².